The maximum absolute atomic E-state index is 12.1. The lowest BCUT2D eigenvalue weighted by Crippen LogP contribution is -2.34. The Labute approximate surface area is 145 Å². The summed E-state index contributed by atoms with van der Waals surface area (Å²) in [6.45, 7) is 9.36. The number of carbonyl (C=O) groups is 1. The number of benzene rings is 1. The second-order valence-electron chi connectivity index (χ2n) is 5.67. The minimum absolute atomic E-state index is 0.175. The fraction of sp³-hybridized carbons (Fsp3) is 0.353. The van der Waals surface area contributed by atoms with Gasteiger partial charge in [-0.25, -0.2) is 9.31 Å². The number of anilines is 1. The van der Waals surface area contributed by atoms with Gasteiger partial charge in [-0.05, 0) is 33.3 Å². The van der Waals surface area contributed by atoms with Crippen LogP contribution in [0.25, 0.3) is 16.2 Å². The van der Waals surface area contributed by atoms with Crippen LogP contribution in [0, 0.1) is 13.8 Å². The third-order valence-corrected chi connectivity index (χ3v) is 4.83. The van der Waals surface area contributed by atoms with Crippen molar-refractivity contribution in [3.05, 3.63) is 34.7 Å². The van der Waals surface area contributed by atoms with E-state index in [0.29, 0.717) is 19.0 Å². The minimum atomic E-state index is -0.175. The number of aromatic nitrogens is 3. The zero-order valence-electron chi connectivity index (χ0n) is 14.3. The molecule has 0 aliphatic carbocycles. The van der Waals surface area contributed by atoms with Gasteiger partial charge in [0.05, 0.1) is 5.69 Å². The highest BCUT2D eigenvalue weighted by molar-refractivity contribution is 7.15. The summed E-state index contributed by atoms with van der Waals surface area (Å²) >= 11 is 1.51. The van der Waals surface area contributed by atoms with E-state index in [-0.39, 0.29) is 6.03 Å². The zero-order valence-corrected chi connectivity index (χ0v) is 15.1. The van der Waals surface area contributed by atoms with Crippen LogP contribution in [0.1, 0.15) is 25.0 Å². The van der Waals surface area contributed by atoms with Crippen LogP contribution in [0.15, 0.2) is 23.6 Å². The number of amides is 2. The number of urea groups is 1. The molecule has 3 rings (SSSR count). The van der Waals surface area contributed by atoms with E-state index >= 15 is 0 Å². The Morgan fingerprint density at radius 2 is 2.04 bits per heavy atom. The molecule has 0 atom stereocenters. The molecule has 0 aliphatic heterocycles. The van der Waals surface area contributed by atoms with Crippen LogP contribution < -0.4 is 5.32 Å². The molecule has 0 bridgehead atoms. The highest BCUT2D eigenvalue weighted by Crippen LogP contribution is 2.28. The number of fused-ring (bicyclic) bond motifs is 1. The third kappa shape index (κ3) is 2.99. The first kappa shape index (κ1) is 16.4. The molecule has 1 aromatic carbocycles. The number of carbonyl (C=O) groups excluding carboxylic acids is 1. The summed E-state index contributed by atoms with van der Waals surface area (Å²) in [5.74, 6) is 0.338. The number of aryl methyl sites for hydroxylation is 2. The summed E-state index contributed by atoms with van der Waals surface area (Å²) in [4.78, 5) is 19.0. The Morgan fingerprint density at radius 3 is 2.71 bits per heavy atom. The number of hydrogen-bond acceptors (Lipinski definition) is 4. The number of rotatable bonds is 4. The van der Waals surface area contributed by atoms with E-state index in [2.05, 4.69) is 47.4 Å². The van der Waals surface area contributed by atoms with Crippen LogP contribution in [0.4, 0.5) is 10.7 Å². The van der Waals surface area contributed by atoms with Crippen LogP contribution >= 0.6 is 11.3 Å². The zero-order chi connectivity index (χ0) is 17.3. The molecule has 24 heavy (non-hydrogen) atoms. The van der Waals surface area contributed by atoms with E-state index in [4.69, 9.17) is 0 Å². The van der Waals surface area contributed by atoms with E-state index in [0.717, 1.165) is 16.2 Å². The molecular weight excluding hydrogens is 322 g/mol. The van der Waals surface area contributed by atoms with Crippen LogP contribution in [-0.2, 0) is 0 Å². The van der Waals surface area contributed by atoms with Gasteiger partial charge < -0.3 is 4.90 Å². The van der Waals surface area contributed by atoms with Crippen LogP contribution in [0.2, 0.25) is 0 Å². The van der Waals surface area contributed by atoms with Gasteiger partial charge in [-0.15, -0.1) is 16.4 Å². The molecule has 1 N–H and O–H groups in total. The molecule has 0 unspecified atom stereocenters. The van der Waals surface area contributed by atoms with Gasteiger partial charge in [0.2, 0.25) is 4.96 Å². The van der Waals surface area contributed by atoms with Crippen molar-refractivity contribution in [3.8, 4) is 11.3 Å². The fourth-order valence-corrected chi connectivity index (χ4v) is 3.53. The summed E-state index contributed by atoms with van der Waals surface area (Å²) in [6.07, 6.45) is 0. The molecular formula is C17H21N5OS. The van der Waals surface area contributed by atoms with E-state index in [9.17, 15) is 4.79 Å². The Kier molecular flexibility index (Phi) is 4.53. The summed E-state index contributed by atoms with van der Waals surface area (Å²) in [5.41, 5.74) is 4.54. The SMILES string of the molecule is CCN(CC)C(=O)Nc1nc2scc(-c3ccc(C)cc3C)n2n1. The second kappa shape index (κ2) is 6.60. The normalized spacial score (nSPS) is 11.0. The number of thiazole rings is 1. The molecule has 0 spiro atoms. The first-order valence-electron chi connectivity index (χ1n) is 8.01. The lowest BCUT2D eigenvalue weighted by atomic mass is 10.0. The number of hydrogen-bond donors (Lipinski definition) is 1. The van der Waals surface area contributed by atoms with Crippen LogP contribution in [0.5, 0.6) is 0 Å². The molecule has 2 heterocycles. The Hall–Kier alpha value is -2.41. The average Bonchev–Trinajstić information content (AvgIpc) is 3.09. The quantitative estimate of drug-likeness (QED) is 0.780. The minimum Gasteiger partial charge on any atom is -0.325 e. The Bertz CT molecular complexity index is 878. The van der Waals surface area contributed by atoms with Crippen molar-refractivity contribution in [3.63, 3.8) is 0 Å². The summed E-state index contributed by atoms with van der Waals surface area (Å²) in [6, 6.07) is 6.17. The second-order valence-corrected chi connectivity index (χ2v) is 6.51. The predicted molar refractivity (Wildman–Crippen MR) is 97.7 cm³/mol. The van der Waals surface area contributed by atoms with Gasteiger partial charge in [0, 0.05) is 24.0 Å². The highest BCUT2D eigenvalue weighted by atomic mass is 32.1. The molecule has 0 saturated heterocycles. The highest BCUT2D eigenvalue weighted by Gasteiger charge is 2.16. The molecule has 6 nitrogen and oxygen atoms in total. The number of nitrogens with zero attached hydrogens (tertiary/aromatic N) is 4. The van der Waals surface area contributed by atoms with Gasteiger partial charge in [0.15, 0.2) is 0 Å². The van der Waals surface area contributed by atoms with Gasteiger partial charge in [0.1, 0.15) is 0 Å². The molecule has 0 saturated carbocycles. The summed E-state index contributed by atoms with van der Waals surface area (Å²) < 4.78 is 1.79. The molecule has 7 heteroatoms. The molecule has 2 aromatic heterocycles. The van der Waals surface area contributed by atoms with E-state index in [1.807, 2.05) is 19.2 Å². The van der Waals surface area contributed by atoms with Crippen LogP contribution in [-0.4, -0.2) is 38.6 Å². The monoisotopic (exact) mass is 343 g/mol. The van der Waals surface area contributed by atoms with Gasteiger partial charge >= 0.3 is 6.03 Å². The van der Waals surface area contributed by atoms with Gasteiger partial charge in [-0.1, -0.05) is 23.8 Å². The van der Waals surface area contributed by atoms with Gasteiger partial charge in [-0.3, -0.25) is 5.32 Å². The lowest BCUT2D eigenvalue weighted by molar-refractivity contribution is 0.217. The average molecular weight is 343 g/mol. The van der Waals surface area contributed by atoms with Gasteiger partial charge in [0.25, 0.3) is 5.95 Å². The van der Waals surface area contributed by atoms with Crippen molar-refractivity contribution < 1.29 is 4.79 Å². The Balaban J connectivity index is 1.93. The smallest absolute Gasteiger partial charge is 0.324 e. The lowest BCUT2D eigenvalue weighted by Gasteiger charge is -2.17. The van der Waals surface area contributed by atoms with E-state index < -0.39 is 0 Å². The standard InChI is InChI=1S/C17H21N5OS/c1-5-21(6-2)16(23)18-15-19-17-22(20-15)14(10-24-17)13-8-7-11(3)9-12(13)4/h7-10H,5-6H2,1-4H3,(H,18,20,23). The predicted octanol–water partition coefficient (Wildman–Crippen LogP) is 3.95. The maximum Gasteiger partial charge on any atom is 0.324 e. The van der Waals surface area contributed by atoms with Crippen molar-refractivity contribution >= 4 is 28.3 Å². The van der Waals surface area contributed by atoms with Gasteiger partial charge in [-0.2, -0.15) is 4.98 Å². The Morgan fingerprint density at radius 1 is 1.29 bits per heavy atom. The molecule has 126 valence electrons. The molecule has 2 amide bonds. The molecule has 0 fully saturated rings. The topological polar surface area (TPSA) is 62.5 Å². The molecule has 0 radical (unpaired) electrons. The van der Waals surface area contributed by atoms with Crippen molar-refractivity contribution in [2.24, 2.45) is 0 Å². The van der Waals surface area contributed by atoms with Crippen molar-refractivity contribution in [1.29, 1.82) is 0 Å². The van der Waals surface area contributed by atoms with E-state index in [1.54, 1.807) is 9.42 Å². The largest absolute Gasteiger partial charge is 0.325 e. The first-order valence-corrected chi connectivity index (χ1v) is 8.89. The fourth-order valence-electron chi connectivity index (χ4n) is 2.71. The van der Waals surface area contributed by atoms with Crippen molar-refractivity contribution in [2.45, 2.75) is 27.7 Å². The third-order valence-electron chi connectivity index (χ3n) is 4.01. The maximum atomic E-state index is 12.1. The molecule has 3 aromatic rings. The summed E-state index contributed by atoms with van der Waals surface area (Å²) in [5, 5.41) is 9.28. The van der Waals surface area contributed by atoms with Crippen molar-refractivity contribution in [2.75, 3.05) is 18.4 Å². The molecule has 0 aliphatic rings. The first-order chi connectivity index (χ1) is 11.5. The number of nitrogens with one attached hydrogen (secondary N) is 1. The van der Waals surface area contributed by atoms with Crippen molar-refractivity contribution in [1.82, 2.24) is 19.5 Å². The van der Waals surface area contributed by atoms with E-state index in [1.165, 1.54) is 22.5 Å². The van der Waals surface area contributed by atoms with Crippen LogP contribution in [0.3, 0.4) is 0 Å². The summed E-state index contributed by atoms with van der Waals surface area (Å²) in [7, 11) is 0.